The van der Waals surface area contributed by atoms with Crippen LogP contribution in [0.25, 0.3) is 21.8 Å². The fourth-order valence-corrected chi connectivity index (χ4v) is 3.85. The minimum absolute atomic E-state index is 0.237. The number of carbonyl (C=O) groups excluding carboxylic acids is 1. The smallest absolute Gasteiger partial charge is 0.405 e. The highest BCUT2D eigenvalue weighted by Crippen LogP contribution is 2.28. The maximum Gasteiger partial charge on any atom is 0.405 e. The number of nitrogens with two attached hydrogens (primary N) is 1. The summed E-state index contributed by atoms with van der Waals surface area (Å²) in [7, 11) is 0. The number of benzene rings is 3. The Morgan fingerprint density at radius 2 is 1.50 bits per heavy atom. The second kappa shape index (κ2) is 13.6. The molecule has 1 aromatic heterocycles. The quantitative estimate of drug-likeness (QED) is 0.258. The van der Waals surface area contributed by atoms with Gasteiger partial charge in [-0.2, -0.15) is 0 Å². The lowest BCUT2D eigenvalue weighted by Crippen LogP contribution is -2.15. The summed E-state index contributed by atoms with van der Waals surface area (Å²) in [6.07, 6.45) is 1.51. The normalized spacial score (nSPS) is 10.9. The summed E-state index contributed by atoms with van der Waals surface area (Å²) < 4.78 is 7.06. The van der Waals surface area contributed by atoms with Crippen LogP contribution in [0.1, 0.15) is 43.4 Å². The number of primary amides is 1. The predicted octanol–water partition coefficient (Wildman–Crippen LogP) is 6.12. The van der Waals surface area contributed by atoms with Crippen LogP contribution in [0, 0.1) is 30.6 Å². The molecule has 3 aromatic carbocycles. The zero-order valence-electron chi connectivity index (χ0n) is 20.8. The Morgan fingerprint density at radius 1 is 0.917 bits per heavy atom. The number of unbranched alkanes of at least 4 members (excludes halogenated alkanes) is 2. The van der Waals surface area contributed by atoms with Crippen molar-refractivity contribution >= 4 is 27.9 Å². The van der Waals surface area contributed by atoms with E-state index in [4.69, 9.17) is 15.6 Å². The summed E-state index contributed by atoms with van der Waals surface area (Å²) in [6.45, 7) is 4.67. The van der Waals surface area contributed by atoms with E-state index < -0.39 is 6.09 Å². The van der Waals surface area contributed by atoms with Gasteiger partial charge in [0.1, 0.15) is 6.10 Å². The van der Waals surface area contributed by atoms with Crippen LogP contribution in [-0.2, 0) is 11.3 Å². The van der Waals surface area contributed by atoms with Crippen LogP contribution in [0.2, 0.25) is 0 Å². The predicted molar refractivity (Wildman–Crippen MR) is 146 cm³/mol. The first-order chi connectivity index (χ1) is 17.5. The molecule has 1 heterocycles. The molecule has 0 aliphatic rings. The van der Waals surface area contributed by atoms with E-state index in [1.165, 1.54) is 27.4 Å². The van der Waals surface area contributed by atoms with Gasteiger partial charge in [-0.3, -0.25) is 0 Å². The Bertz CT molecular complexity index is 1360. The molecule has 0 radical (unpaired) electrons. The van der Waals surface area contributed by atoms with Crippen LogP contribution in [0.5, 0.6) is 0 Å². The van der Waals surface area contributed by atoms with Crippen LogP contribution in [0.4, 0.5) is 4.79 Å². The third-order valence-corrected chi connectivity index (χ3v) is 5.71. The molecule has 0 aliphatic heterocycles. The first-order valence-corrected chi connectivity index (χ1v) is 12.1. The molecule has 0 fully saturated rings. The summed E-state index contributed by atoms with van der Waals surface area (Å²) >= 11 is 0. The van der Waals surface area contributed by atoms with Crippen molar-refractivity contribution in [2.45, 2.75) is 45.8 Å². The number of fused-ring (bicyclic) bond motifs is 3. The van der Waals surface area contributed by atoms with Crippen LogP contribution < -0.4 is 5.73 Å². The van der Waals surface area contributed by atoms with E-state index in [9.17, 15) is 4.79 Å². The highest BCUT2D eigenvalue weighted by molar-refractivity contribution is 6.08. The number of hydrogen-bond donors (Lipinski definition) is 2. The van der Waals surface area contributed by atoms with Crippen molar-refractivity contribution in [3.8, 4) is 23.7 Å². The van der Waals surface area contributed by atoms with E-state index in [1.54, 1.807) is 6.92 Å². The van der Waals surface area contributed by atoms with Gasteiger partial charge in [0.15, 0.2) is 0 Å². The van der Waals surface area contributed by atoms with Gasteiger partial charge in [0.25, 0.3) is 0 Å². The molecule has 0 aliphatic carbocycles. The Labute approximate surface area is 212 Å². The van der Waals surface area contributed by atoms with E-state index in [2.05, 4.69) is 76.8 Å². The van der Waals surface area contributed by atoms with Gasteiger partial charge in [0.2, 0.25) is 0 Å². The largest absolute Gasteiger partial charge is 0.442 e. The van der Waals surface area contributed by atoms with Gasteiger partial charge in [-0.1, -0.05) is 78.1 Å². The fourth-order valence-electron chi connectivity index (χ4n) is 3.85. The molecular formula is C31H32N2O3. The maximum atomic E-state index is 10.4. The molecule has 184 valence electrons. The van der Waals surface area contributed by atoms with E-state index >= 15 is 0 Å². The van der Waals surface area contributed by atoms with Gasteiger partial charge in [-0.05, 0) is 56.2 Å². The Hall–Kier alpha value is -4.19. The minimum atomic E-state index is -0.743. The van der Waals surface area contributed by atoms with Gasteiger partial charge < -0.3 is 20.1 Å². The molecule has 0 saturated carbocycles. The van der Waals surface area contributed by atoms with Crippen molar-refractivity contribution in [3.63, 3.8) is 0 Å². The molecule has 0 saturated heterocycles. The summed E-state index contributed by atoms with van der Waals surface area (Å²) in [5, 5.41) is 11.2. The number of ether oxygens (including phenoxy) is 1. The SMILES string of the molecule is Cc1ccc(C(C)OC(N)=O)cc1.OCCCCC#CC#CCn1c2ccccc2c2ccccc21. The monoisotopic (exact) mass is 480 g/mol. The molecule has 4 rings (SSSR count). The van der Waals surface area contributed by atoms with Gasteiger partial charge in [-0.25, -0.2) is 4.79 Å². The standard InChI is InChI=1S/C21H19NO.C10H13NO2/c23-17-11-5-3-1-2-4-10-16-22-20-14-8-6-12-18(20)19-13-7-9-15-21(19)22;1-7-3-5-9(6-4-7)8(2)13-10(11)12/h6-9,12-15,23H,3,5,11,16-17H2;3-6,8H,1-2H3,(H2,11,12). The molecule has 4 aromatic rings. The Morgan fingerprint density at radius 3 is 2.08 bits per heavy atom. The van der Waals surface area contributed by atoms with E-state index in [0.717, 1.165) is 24.8 Å². The second-order valence-corrected chi connectivity index (χ2v) is 8.39. The molecule has 3 N–H and O–H groups in total. The van der Waals surface area contributed by atoms with Gasteiger partial charge in [-0.15, -0.1) is 0 Å². The molecule has 0 spiro atoms. The average Bonchev–Trinajstić information content (AvgIpc) is 3.20. The molecule has 36 heavy (non-hydrogen) atoms. The van der Waals surface area contributed by atoms with Gasteiger partial charge >= 0.3 is 6.09 Å². The lowest BCUT2D eigenvalue weighted by Gasteiger charge is -2.11. The molecule has 0 bridgehead atoms. The second-order valence-electron chi connectivity index (χ2n) is 8.39. The minimum Gasteiger partial charge on any atom is -0.442 e. The number of carbonyl (C=O) groups is 1. The topological polar surface area (TPSA) is 77.5 Å². The van der Waals surface area contributed by atoms with Gasteiger partial charge in [0.05, 0.1) is 6.54 Å². The van der Waals surface area contributed by atoms with E-state index in [1.807, 2.05) is 31.2 Å². The zero-order chi connectivity index (χ0) is 25.8. The number of nitrogens with zero attached hydrogens (tertiary/aromatic N) is 1. The van der Waals surface area contributed by atoms with Crippen molar-refractivity contribution < 1.29 is 14.6 Å². The third kappa shape index (κ3) is 7.40. The number of aryl methyl sites for hydroxylation is 1. The summed E-state index contributed by atoms with van der Waals surface area (Å²) in [5.41, 5.74) is 9.44. The van der Waals surface area contributed by atoms with E-state index in [0.29, 0.717) is 6.54 Å². The summed E-state index contributed by atoms with van der Waals surface area (Å²) in [5.74, 6) is 12.0. The number of amides is 1. The Kier molecular flexibility index (Phi) is 10.0. The highest BCUT2D eigenvalue weighted by Gasteiger charge is 2.08. The van der Waals surface area contributed by atoms with Crippen molar-refractivity contribution in [2.75, 3.05) is 6.61 Å². The Balaban J connectivity index is 0.000000236. The maximum absolute atomic E-state index is 10.4. The molecule has 1 unspecified atom stereocenters. The number of aliphatic hydroxyl groups excluding tert-OH is 1. The summed E-state index contributed by atoms with van der Waals surface area (Å²) in [6, 6.07) is 24.6. The summed E-state index contributed by atoms with van der Waals surface area (Å²) in [4.78, 5) is 10.4. The van der Waals surface area contributed by atoms with Crippen molar-refractivity contribution in [3.05, 3.63) is 83.9 Å². The van der Waals surface area contributed by atoms with E-state index in [-0.39, 0.29) is 12.7 Å². The molecule has 1 amide bonds. The number of aromatic nitrogens is 1. The molecule has 5 nitrogen and oxygen atoms in total. The zero-order valence-corrected chi connectivity index (χ0v) is 20.8. The van der Waals surface area contributed by atoms with Crippen LogP contribution >= 0.6 is 0 Å². The number of rotatable bonds is 6. The van der Waals surface area contributed by atoms with Crippen LogP contribution in [0.3, 0.4) is 0 Å². The molecule has 5 heteroatoms. The third-order valence-electron chi connectivity index (χ3n) is 5.71. The fraction of sp³-hybridized carbons (Fsp3) is 0.258. The van der Waals surface area contributed by atoms with Crippen LogP contribution in [0.15, 0.2) is 72.8 Å². The lowest BCUT2D eigenvalue weighted by atomic mass is 10.1. The lowest BCUT2D eigenvalue weighted by molar-refractivity contribution is 0.116. The first-order valence-electron chi connectivity index (χ1n) is 12.1. The molecular weight excluding hydrogens is 448 g/mol. The highest BCUT2D eigenvalue weighted by atomic mass is 16.6. The molecule has 1 atom stereocenters. The van der Waals surface area contributed by atoms with Crippen molar-refractivity contribution in [1.29, 1.82) is 0 Å². The van der Waals surface area contributed by atoms with Gasteiger partial charge in [0, 0.05) is 34.8 Å². The average molecular weight is 481 g/mol. The number of hydrogen-bond acceptors (Lipinski definition) is 3. The van der Waals surface area contributed by atoms with Crippen molar-refractivity contribution in [1.82, 2.24) is 4.57 Å². The van der Waals surface area contributed by atoms with Crippen LogP contribution in [-0.4, -0.2) is 22.4 Å². The van der Waals surface area contributed by atoms with Crippen molar-refractivity contribution in [2.24, 2.45) is 5.73 Å². The first kappa shape index (κ1) is 26.4. The number of para-hydroxylation sites is 2. The number of aliphatic hydroxyl groups is 1.